The van der Waals surface area contributed by atoms with Crippen LogP contribution >= 0.6 is 11.3 Å². The molecule has 0 saturated heterocycles. The first-order valence-electron chi connectivity index (χ1n) is 9.61. The first kappa shape index (κ1) is 17.1. The molecule has 0 spiro atoms. The number of aliphatic imine (C=N–C) groups is 2. The number of thiazole rings is 1. The van der Waals surface area contributed by atoms with Gasteiger partial charge >= 0.3 is 0 Å². The molecule has 0 fully saturated rings. The van der Waals surface area contributed by atoms with Gasteiger partial charge in [0.15, 0.2) is 11.7 Å². The summed E-state index contributed by atoms with van der Waals surface area (Å²) in [5.41, 5.74) is 13.1. The lowest BCUT2D eigenvalue weighted by atomic mass is 10.1. The molecule has 0 amide bonds. The summed E-state index contributed by atoms with van der Waals surface area (Å²) < 4.78 is 1.16. The van der Waals surface area contributed by atoms with Crippen molar-refractivity contribution >= 4 is 61.2 Å². The number of pyridine rings is 1. The van der Waals surface area contributed by atoms with Gasteiger partial charge in [-0.15, -0.1) is 11.3 Å². The van der Waals surface area contributed by atoms with E-state index in [0.29, 0.717) is 5.69 Å². The van der Waals surface area contributed by atoms with E-state index in [1.165, 1.54) is 0 Å². The first-order chi connectivity index (χ1) is 14.7. The van der Waals surface area contributed by atoms with E-state index in [1.807, 2.05) is 35.8 Å². The van der Waals surface area contributed by atoms with E-state index >= 15 is 0 Å². The average Bonchev–Trinajstić information content (AvgIpc) is 3.42. The Balaban J connectivity index is 1.40. The second-order valence-electron chi connectivity index (χ2n) is 7.21. The van der Waals surface area contributed by atoms with Crippen molar-refractivity contribution in [2.24, 2.45) is 9.98 Å². The van der Waals surface area contributed by atoms with E-state index in [9.17, 15) is 0 Å². The number of amidine groups is 2. The Kier molecular flexibility index (Phi) is 3.78. The van der Waals surface area contributed by atoms with Gasteiger partial charge in [0, 0.05) is 29.4 Å². The molecule has 2 aliphatic heterocycles. The molecule has 0 atom stereocenters. The molecule has 4 heterocycles. The molecule has 7 nitrogen and oxygen atoms in total. The number of rotatable bonds is 2. The second-order valence-corrected chi connectivity index (χ2v) is 8.10. The number of nitrogens with one attached hydrogen (secondary N) is 1. The van der Waals surface area contributed by atoms with E-state index in [0.717, 1.165) is 62.8 Å². The van der Waals surface area contributed by atoms with E-state index < -0.39 is 0 Å². The van der Waals surface area contributed by atoms with Crippen LogP contribution in [-0.4, -0.2) is 39.6 Å². The molecule has 2 aromatic carbocycles. The molecule has 8 heteroatoms. The number of hydrogen-bond acceptors (Lipinski definition) is 8. The molecule has 2 aliphatic rings. The van der Waals surface area contributed by atoms with Gasteiger partial charge in [0.05, 0.1) is 45.4 Å². The zero-order chi connectivity index (χ0) is 20.1. The molecular formula is C22H17N7S. The maximum Gasteiger partial charge on any atom is 0.174 e. The minimum Gasteiger partial charge on any atom is -0.397 e. The fourth-order valence-electron chi connectivity index (χ4n) is 3.75. The first-order valence-corrected chi connectivity index (χ1v) is 10.5. The molecule has 3 N–H and O–H groups in total. The maximum atomic E-state index is 5.92. The van der Waals surface area contributed by atoms with Gasteiger partial charge in [-0.1, -0.05) is 6.07 Å². The van der Waals surface area contributed by atoms with Crippen LogP contribution in [-0.2, 0) is 0 Å². The third-order valence-corrected chi connectivity index (χ3v) is 6.00. The minimum absolute atomic E-state index is 0.648. The van der Waals surface area contributed by atoms with Crippen LogP contribution in [0.5, 0.6) is 0 Å². The van der Waals surface area contributed by atoms with Crippen LogP contribution in [0, 0.1) is 0 Å². The average molecular weight is 411 g/mol. The summed E-state index contributed by atoms with van der Waals surface area (Å²) >= 11 is 1.63. The van der Waals surface area contributed by atoms with Gasteiger partial charge in [0.1, 0.15) is 0 Å². The number of nitrogens with zero attached hydrogens (tertiary/aromatic N) is 5. The van der Waals surface area contributed by atoms with Crippen molar-refractivity contribution in [1.82, 2.24) is 14.9 Å². The highest BCUT2D eigenvalue weighted by Crippen LogP contribution is 2.28. The summed E-state index contributed by atoms with van der Waals surface area (Å²) in [4.78, 5) is 20.5. The topological polar surface area (TPSA) is 91.8 Å². The Hall–Kier alpha value is -3.78. The van der Waals surface area contributed by atoms with Gasteiger partial charge in [0.2, 0.25) is 0 Å². The summed E-state index contributed by atoms with van der Waals surface area (Å²) in [5.74, 6) is 1.61. The van der Waals surface area contributed by atoms with Crippen LogP contribution in [0.1, 0.15) is 5.56 Å². The Labute approximate surface area is 176 Å². The lowest BCUT2D eigenvalue weighted by molar-refractivity contribution is 0.614. The van der Waals surface area contributed by atoms with Gasteiger partial charge in [-0.3, -0.25) is 9.98 Å². The SMILES string of the molecule is Nc1cnc2ccc(C3=CN4CCN=C4C(Nc4ccc5scnc5c4)=N3)cc2c1. The van der Waals surface area contributed by atoms with Crippen molar-refractivity contribution in [3.8, 4) is 0 Å². The molecule has 146 valence electrons. The molecule has 0 aliphatic carbocycles. The fraction of sp³-hybridized carbons (Fsp3) is 0.0909. The zero-order valence-electron chi connectivity index (χ0n) is 15.9. The molecule has 0 saturated carbocycles. The third-order valence-electron chi connectivity index (χ3n) is 5.19. The predicted molar refractivity (Wildman–Crippen MR) is 124 cm³/mol. The largest absolute Gasteiger partial charge is 0.397 e. The molecule has 30 heavy (non-hydrogen) atoms. The Morgan fingerprint density at radius 3 is 2.97 bits per heavy atom. The van der Waals surface area contributed by atoms with Crippen molar-refractivity contribution in [3.05, 3.63) is 65.9 Å². The molecule has 0 unspecified atom stereocenters. The van der Waals surface area contributed by atoms with Crippen molar-refractivity contribution in [3.63, 3.8) is 0 Å². The number of anilines is 2. The van der Waals surface area contributed by atoms with Crippen LogP contribution in [0.2, 0.25) is 0 Å². The molecular weight excluding hydrogens is 394 g/mol. The normalized spacial score (nSPS) is 15.7. The zero-order valence-corrected chi connectivity index (χ0v) is 16.7. The van der Waals surface area contributed by atoms with Crippen LogP contribution in [0.15, 0.2) is 70.4 Å². The number of aromatic nitrogens is 2. The standard InChI is InChI=1S/C22H17N7S/c23-15-8-14-7-13(1-3-17(14)25-10-15)19-11-29-6-5-24-22(29)21(28-19)27-16-2-4-20-18(9-16)26-12-30-20/h1-4,7-12H,5-6,23H2,(H,27,28). The Bertz CT molecular complexity index is 1400. The number of nitrogens with two attached hydrogens (primary N) is 1. The van der Waals surface area contributed by atoms with Gasteiger partial charge in [-0.25, -0.2) is 9.98 Å². The van der Waals surface area contributed by atoms with Crippen LogP contribution in [0.25, 0.3) is 26.8 Å². The molecule has 4 aromatic rings. The smallest absolute Gasteiger partial charge is 0.174 e. The van der Waals surface area contributed by atoms with E-state index in [4.69, 9.17) is 10.7 Å². The van der Waals surface area contributed by atoms with Crippen molar-refractivity contribution in [2.45, 2.75) is 0 Å². The summed E-state index contributed by atoms with van der Waals surface area (Å²) in [6.07, 6.45) is 3.73. The van der Waals surface area contributed by atoms with Crippen LogP contribution in [0.4, 0.5) is 11.4 Å². The van der Waals surface area contributed by atoms with E-state index in [1.54, 1.807) is 17.5 Å². The fourth-order valence-corrected chi connectivity index (χ4v) is 4.41. The van der Waals surface area contributed by atoms with Crippen LogP contribution in [0.3, 0.4) is 0 Å². The molecule has 2 aromatic heterocycles. The third kappa shape index (κ3) is 2.89. The molecule has 0 bridgehead atoms. The predicted octanol–water partition coefficient (Wildman–Crippen LogP) is 3.96. The summed E-state index contributed by atoms with van der Waals surface area (Å²) in [5, 5.41) is 4.44. The maximum absolute atomic E-state index is 5.92. The highest BCUT2D eigenvalue weighted by molar-refractivity contribution is 7.16. The molecule has 0 radical (unpaired) electrons. The number of hydrogen-bond donors (Lipinski definition) is 2. The minimum atomic E-state index is 0.648. The lowest BCUT2D eigenvalue weighted by Crippen LogP contribution is -2.36. The quantitative estimate of drug-likeness (QED) is 0.521. The monoisotopic (exact) mass is 411 g/mol. The van der Waals surface area contributed by atoms with Gasteiger partial charge in [-0.05, 0) is 36.4 Å². The summed E-state index contributed by atoms with van der Waals surface area (Å²) in [6, 6.07) is 14.2. The number of benzene rings is 2. The van der Waals surface area contributed by atoms with Gasteiger partial charge in [0.25, 0.3) is 0 Å². The van der Waals surface area contributed by atoms with Gasteiger partial charge in [-0.2, -0.15) is 0 Å². The Morgan fingerprint density at radius 2 is 2.00 bits per heavy atom. The highest BCUT2D eigenvalue weighted by Gasteiger charge is 2.26. The van der Waals surface area contributed by atoms with Crippen molar-refractivity contribution < 1.29 is 0 Å². The summed E-state index contributed by atoms with van der Waals surface area (Å²) in [6.45, 7) is 1.59. The van der Waals surface area contributed by atoms with Crippen molar-refractivity contribution in [2.75, 3.05) is 24.1 Å². The van der Waals surface area contributed by atoms with E-state index in [-0.39, 0.29) is 0 Å². The van der Waals surface area contributed by atoms with Crippen LogP contribution < -0.4 is 11.1 Å². The lowest BCUT2D eigenvalue weighted by Gasteiger charge is -2.24. The van der Waals surface area contributed by atoms with E-state index in [2.05, 4.69) is 43.5 Å². The van der Waals surface area contributed by atoms with Crippen molar-refractivity contribution in [1.29, 1.82) is 0 Å². The Morgan fingerprint density at radius 1 is 1.03 bits per heavy atom. The van der Waals surface area contributed by atoms with Gasteiger partial charge < -0.3 is 16.0 Å². The second kappa shape index (κ2) is 6.64. The summed E-state index contributed by atoms with van der Waals surface area (Å²) in [7, 11) is 0. The molecule has 6 rings (SSSR count). The highest BCUT2D eigenvalue weighted by atomic mass is 32.1. The number of fused-ring (bicyclic) bond motifs is 3. The number of nitrogen functional groups attached to an aromatic ring is 1.